The Hall–Kier alpha value is -2.84. The van der Waals surface area contributed by atoms with E-state index in [2.05, 4.69) is 20.1 Å². The second kappa shape index (κ2) is 10.1. The van der Waals surface area contributed by atoms with Gasteiger partial charge in [-0.05, 0) is 37.9 Å². The van der Waals surface area contributed by atoms with Gasteiger partial charge in [-0.1, -0.05) is 28.9 Å². The minimum Gasteiger partial charge on any atom is -0.339 e. The fraction of sp³-hybridized carbons (Fsp3) is 0.350. The molecule has 0 N–H and O–H groups in total. The molecule has 0 atom stereocenters. The maximum Gasteiger partial charge on any atom is 0.240 e. The highest BCUT2D eigenvalue weighted by Crippen LogP contribution is 2.15. The van der Waals surface area contributed by atoms with Crippen molar-refractivity contribution in [3.63, 3.8) is 0 Å². The number of amides is 1. The fourth-order valence-corrected chi connectivity index (χ4v) is 2.92. The van der Waals surface area contributed by atoms with Gasteiger partial charge in [-0.3, -0.25) is 4.79 Å². The van der Waals surface area contributed by atoms with Gasteiger partial charge in [-0.2, -0.15) is 4.98 Å². The van der Waals surface area contributed by atoms with Crippen molar-refractivity contribution in [1.29, 1.82) is 0 Å². The van der Waals surface area contributed by atoms with Crippen LogP contribution in [0.25, 0.3) is 11.6 Å². The first kappa shape index (κ1) is 20.9. The fourth-order valence-electron chi connectivity index (χ4n) is 2.70. The predicted octanol–water partition coefficient (Wildman–Crippen LogP) is 2.70. The number of nitrogens with zero attached hydrogens (tertiary/aromatic N) is 6. The summed E-state index contributed by atoms with van der Waals surface area (Å²) in [5.74, 6) is 1.11. The van der Waals surface area contributed by atoms with Crippen LogP contribution >= 0.6 is 11.6 Å². The molecule has 0 spiro atoms. The molecule has 0 aliphatic heterocycles. The van der Waals surface area contributed by atoms with Crippen LogP contribution in [-0.2, 0) is 17.8 Å². The lowest BCUT2D eigenvalue weighted by atomic mass is 10.2. The van der Waals surface area contributed by atoms with Gasteiger partial charge in [0, 0.05) is 49.9 Å². The van der Waals surface area contributed by atoms with E-state index in [1.807, 2.05) is 48.2 Å². The number of benzene rings is 1. The van der Waals surface area contributed by atoms with E-state index in [9.17, 15) is 4.79 Å². The summed E-state index contributed by atoms with van der Waals surface area (Å²) in [6.45, 7) is 1.88. The van der Waals surface area contributed by atoms with Crippen molar-refractivity contribution < 1.29 is 9.32 Å². The number of aromatic nitrogens is 4. The molecule has 2 heterocycles. The van der Waals surface area contributed by atoms with Gasteiger partial charge in [0.05, 0.1) is 0 Å². The highest BCUT2D eigenvalue weighted by atomic mass is 35.5. The van der Waals surface area contributed by atoms with Gasteiger partial charge in [-0.25, -0.2) is 9.97 Å². The van der Waals surface area contributed by atoms with Gasteiger partial charge >= 0.3 is 0 Å². The van der Waals surface area contributed by atoms with Crippen molar-refractivity contribution in [3.05, 3.63) is 59.2 Å². The first-order chi connectivity index (χ1) is 14.0. The minimum atomic E-state index is 0.0162. The maximum atomic E-state index is 12.9. The Bertz CT molecular complexity index is 931. The van der Waals surface area contributed by atoms with E-state index < -0.39 is 0 Å². The third-order valence-corrected chi connectivity index (χ3v) is 4.45. The molecule has 0 saturated heterocycles. The molecule has 0 unspecified atom stereocenters. The Kier molecular flexibility index (Phi) is 7.26. The number of rotatable bonds is 9. The zero-order chi connectivity index (χ0) is 20.6. The predicted molar refractivity (Wildman–Crippen MR) is 109 cm³/mol. The number of aryl methyl sites for hydroxylation is 1. The first-order valence-corrected chi connectivity index (χ1v) is 9.66. The summed E-state index contributed by atoms with van der Waals surface area (Å²) in [7, 11) is 3.96. The summed E-state index contributed by atoms with van der Waals surface area (Å²) in [5, 5.41) is 4.55. The summed E-state index contributed by atoms with van der Waals surface area (Å²) in [5.41, 5.74) is 0.992. The number of halogens is 1. The molecule has 8 nitrogen and oxygen atoms in total. The maximum absolute atomic E-state index is 12.9. The molecular weight excluding hydrogens is 392 g/mol. The average Bonchev–Trinajstić information content (AvgIpc) is 3.19. The summed E-state index contributed by atoms with van der Waals surface area (Å²) < 4.78 is 5.24. The van der Waals surface area contributed by atoms with Crippen LogP contribution in [0.5, 0.6) is 0 Å². The van der Waals surface area contributed by atoms with Gasteiger partial charge in [0.1, 0.15) is 0 Å². The zero-order valence-electron chi connectivity index (χ0n) is 16.5. The van der Waals surface area contributed by atoms with E-state index in [-0.39, 0.29) is 12.3 Å². The van der Waals surface area contributed by atoms with E-state index >= 15 is 0 Å². The summed E-state index contributed by atoms with van der Waals surface area (Å²) in [6, 6.07) is 9.26. The number of hydrogen-bond acceptors (Lipinski definition) is 7. The molecule has 2 aromatic heterocycles. The van der Waals surface area contributed by atoms with Crippen LogP contribution in [0.1, 0.15) is 17.9 Å². The van der Waals surface area contributed by atoms with Crippen molar-refractivity contribution in [2.45, 2.75) is 19.4 Å². The second-order valence-electron chi connectivity index (χ2n) is 6.83. The lowest BCUT2D eigenvalue weighted by Gasteiger charge is -2.24. The Balaban J connectivity index is 1.62. The molecule has 0 aliphatic rings. The molecule has 0 radical (unpaired) electrons. The highest BCUT2D eigenvalue weighted by molar-refractivity contribution is 6.30. The van der Waals surface area contributed by atoms with Crippen molar-refractivity contribution >= 4 is 17.5 Å². The van der Waals surface area contributed by atoms with E-state index in [0.29, 0.717) is 42.1 Å². The molecule has 0 fully saturated rings. The van der Waals surface area contributed by atoms with Gasteiger partial charge in [0.25, 0.3) is 0 Å². The third-order valence-electron chi connectivity index (χ3n) is 4.22. The highest BCUT2D eigenvalue weighted by Gasteiger charge is 2.17. The van der Waals surface area contributed by atoms with E-state index in [1.165, 1.54) is 0 Å². The smallest absolute Gasteiger partial charge is 0.240 e. The van der Waals surface area contributed by atoms with Gasteiger partial charge < -0.3 is 14.3 Å². The van der Waals surface area contributed by atoms with Crippen LogP contribution < -0.4 is 0 Å². The second-order valence-corrected chi connectivity index (χ2v) is 7.27. The monoisotopic (exact) mass is 414 g/mol. The Labute approximate surface area is 174 Å². The Morgan fingerprint density at radius 1 is 1.10 bits per heavy atom. The van der Waals surface area contributed by atoms with E-state index in [4.69, 9.17) is 16.1 Å². The molecule has 152 valence electrons. The van der Waals surface area contributed by atoms with Crippen LogP contribution in [0.4, 0.5) is 0 Å². The summed E-state index contributed by atoms with van der Waals surface area (Å²) >= 11 is 6.08. The van der Waals surface area contributed by atoms with Gasteiger partial charge in [0.2, 0.25) is 23.4 Å². The molecule has 0 bridgehead atoms. The molecule has 1 aromatic carbocycles. The number of carbonyl (C=O) groups excluding carboxylic acids is 1. The van der Waals surface area contributed by atoms with Gasteiger partial charge in [-0.15, -0.1) is 0 Å². The van der Waals surface area contributed by atoms with Crippen LogP contribution in [0, 0.1) is 0 Å². The molecule has 0 saturated carbocycles. The van der Waals surface area contributed by atoms with Crippen LogP contribution in [0.3, 0.4) is 0 Å². The summed E-state index contributed by atoms with van der Waals surface area (Å²) in [6.07, 6.45) is 3.85. The zero-order valence-corrected chi connectivity index (χ0v) is 17.2. The standard InChI is InChI=1S/C20H23ClN6O2/c1-26(2)11-12-27(14-15-5-3-6-16(21)13-15)18(28)8-7-17-24-20(25-29-17)19-22-9-4-10-23-19/h3-6,9-10,13H,7-8,11-12,14H2,1-2H3. The van der Waals surface area contributed by atoms with Crippen molar-refractivity contribution in [2.24, 2.45) is 0 Å². The Morgan fingerprint density at radius 2 is 1.90 bits per heavy atom. The third kappa shape index (κ3) is 6.33. The normalized spacial score (nSPS) is 11.0. The first-order valence-electron chi connectivity index (χ1n) is 9.28. The SMILES string of the molecule is CN(C)CCN(Cc1cccc(Cl)c1)C(=O)CCc1nc(-c2ncccn2)no1. The number of carbonyl (C=O) groups is 1. The van der Waals surface area contributed by atoms with Crippen LogP contribution in [-0.4, -0.2) is 63.0 Å². The lowest BCUT2D eigenvalue weighted by molar-refractivity contribution is -0.132. The number of likely N-dealkylation sites (N-methyl/N-ethyl adjacent to an activating group) is 1. The largest absolute Gasteiger partial charge is 0.339 e. The quantitative estimate of drug-likeness (QED) is 0.531. The lowest BCUT2D eigenvalue weighted by Crippen LogP contribution is -2.36. The molecule has 29 heavy (non-hydrogen) atoms. The number of hydrogen-bond donors (Lipinski definition) is 0. The molecule has 3 rings (SSSR count). The molecule has 3 aromatic rings. The van der Waals surface area contributed by atoms with E-state index in [0.717, 1.165) is 12.1 Å². The molecular formula is C20H23ClN6O2. The van der Waals surface area contributed by atoms with Crippen LogP contribution in [0.2, 0.25) is 5.02 Å². The van der Waals surface area contributed by atoms with E-state index in [1.54, 1.807) is 18.5 Å². The van der Waals surface area contributed by atoms with Crippen LogP contribution in [0.15, 0.2) is 47.2 Å². The van der Waals surface area contributed by atoms with Gasteiger partial charge in [0.15, 0.2) is 0 Å². The van der Waals surface area contributed by atoms with Crippen molar-refractivity contribution in [1.82, 2.24) is 29.9 Å². The molecule has 1 amide bonds. The molecule has 0 aliphatic carbocycles. The minimum absolute atomic E-state index is 0.0162. The topological polar surface area (TPSA) is 88.2 Å². The van der Waals surface area contributed by atoms with Crippen molar-refractivity contribution in [2.75, 3.05) is 27.2 Å². The summed E-state index contributed by atoms with van der Waals surface area (Å²) in [4.78, 5) is 29.2. The molecule has 9 heteroatoms. The van der Waals surface area contributed by atoms with Crippen molar-refractivity contribution in [3.8, 4) is 11.6 Å². The Morgan fingerprint density at radius 3 is 2.62 bits per heavy atom. The average molecular weight is 415 g/mol.